The zero-order valence-corrected chi connectivity index (χ0v) is 20.1. The van der Waals surface area contributed by atoms with E-state index in [0.29, 0.717) is 17.3 Å². The molecule has 4 rings (SSSR count). The van der Waals surface area contributed by atoms with E-state index >= 15 is 0 Å². The van der Waals surface area contributed by atoms with Gasteiger partial charge in [-0.3, -0.25) is 0 Å². The van der Waals surface area contributed by atoms with Crippen molar-refractivity contribution in [3.05, 3.63) is 137 Å². The van der Waals surface area contributed by atoms with Crippen LogP contribution in [0, 0.1) is 0 Å². The van der Waals surface area contributed by atoms with Gasteiger partial charge in [0.2, 0.25) is 0 Å². The molecule has 0 unspecified atom stereocenters. The van der Waals surface area contributed by atoms with E-state index in [2.05, 4.69) is 0 Å². The first-order chi connectivity index (χ1) is 13.9. The number of aliphatic hydroxyl groups is 3. The first kappa shape index (κ1) is 30.6. The van der Waals surface area contributed by atoms with E-state index in [-0.39, 0.29) is 34.1 Å². The van der Waals surface area contributed by atoms with Crippen LogP contribution in [0.25, 0.3) is 0 Å². The van der Waals surface area contributed by atoms with Gasteiger partial charge in [-0.1, -0.05) is 72.9 Å². The van der Waals surface area contributed by atoms with Crippen molar-refractivity contribution in [2.75, 3.05) is 0 Å². The van der Waals surface area contributed by atoms with Crippen LogP contribution in [0.1, 0.15) is 20.8 Å². The van der Waals surface area contributed by atoms with Crippen LogP contribution in [0.2, 0.25) is 0 Å². The molecule has 0 heterocycles. The van der Waals surface area contributed by atoms with Gasteiger partial charge >= 0.3 is 0 Å². The Labute approximate surface area is 206 Å². The second kappa shape index (κ2) is 18.2. The van der Waals surface area contributed by atoms with Crippen LogP contribution in [-0.4, -0.2) is 15.3 Å². The minimum Gasteiger partial charge on any atom is -0.512 e. The van der Waals surface area contributed by atoms with Crippen molar-refractivity contribution in [3.63, 3.8) is 0 Å². The van der Waals surface area contributed by atoms with Crippen LogP contribution in [-0.2, 0) is 34.1 Å². The van der Waals surface area contributed by atoms with Gasteiger partial charge in [0.1, 0.15) is 0 Å². The summed E-state index contributed by atoms with van der Waals surface area (Å²) in [6.07, 6.45) is 22.6. The molecule has 168 valence electrons. The van der Waals surface area contributed by atoms with Crippen molar-refractivity contribution in [1.82, 2.24) is 0 Å². The van der Waals surface area contributed by atoms with Gasteiger partial charge in [0.05, 0.1) is 17.3 Å². The normalized spacial score (nSPS) is 13.2. The van der Waals surface area contributed by atoms with Gasteiger partial charge in [-0.2, -0.15) is 18.2 Å². The molecular formula is C26H29Fe2O3-. The molecule has 0 bridgehead atoms. The molecule has 3 aliphatic rings. The monoisotopic (exact) mass is 501 g/mol. The molecule has 0 spiro atoms. The minimum absolute atomic E-state index is 0. The summed E-state index contributed by atoms with van der Waals surface area (Å²) >= 11 is 0. The molecule has 0 aliphatic heterocycles. The average Bonchev–Trinajstić information content (AvgIpc) is 3.53. The molecule has 0 amide bonds. The van der Waals surface area contributed by atoms with Crippen molar-refractivity contribution < 1.29 is 49.5 Å². The summed E-state index contributed by atoms with van der Waals surface area (Å²) in [5.41, 5.74) is 2.72. The molecule has 31 heavy (non-hydrogen) atoms. The molecule has 0 atom stereocenters. The maximum atomic E-state index is 8.83. The zero-order chi connectivity index (χ0) is 21.5. The van der Waals surface area contributed by atoms with Gasteiger partial charge in [0, 0.05) is 50.9 Å². The third-order valence-corrected chi connectivity index (χ3v) is 3.80. The average molecular weight is 501 g/mol. The fourth-order valence-corrected chi connectivity index (χ4v) is 2.17. The summed E-state index contributed by atoms with van der Waals surface area (Å²) in [5, 5.41) is 26.5. The summed E-state index contributed by atoms with van der Waals surface area (Å²) in [6.45, 7) is 5.03. The smallest absolute Gasteiger partial charge is 0.0963 e. The standard InChI is InChI=1S/3C7H8O.C5H5.2Fe/c3*1-6(8)7-4-2-3-5-7;1-2-4-5-3-1;;/h3*2-5,8H,1H3;1-5H;;/q;;;-1;;. The van der Waals surface area contributed by atoms with Gasteiger partial charge < -0.3 is 15.3 Å². The number of hydrogen-bond donors (Lipinski definition) is 3. The maximum Gasteiger partial charge on any atom is 0.0963 e. The minimum atomic E-state index is 0. The Morgan fingerprint density at radius 2 is 0.742 bits per heavy atom. The topological polar surface area (TPSA) is 60.7 Å². The molecule has 0 fully saturated rings. The molecule has 1 aromatic carbocycles. The second-order valence-corrected chi connectivity index (χ2v) is 6.24. The van der Waals surface area contributed by atoms with Gasteiger partial charge in [-0.25, -0.2) is 12.1 Å². The molecular weight excluding hydrogens is 472 g/mol. The number of hydrogen-bond acceptors (Lipinski definition) is 3. The van der Waals surface area contributed by atoms with E-state index in [9.17, 15) is 0 Å². The Morgan fingerprint density at radius 1 is 0.516 bits per heavy atom. The molecule has 0 saturated heterocycles. The fourth-order valence-electron chi connectivity index (χ4n) is 2.17. The maximum absolute atomic E-state index is 8.83. The van der Waals surface area contributed by atoms with Crippen LogP contribution < -0.4 is 0 Å². The molecule has 5 heteroatoms. The van der Waals surface area contributed by atoms with Crippen molar-refractivity contribution in [3.8, 4) is 0 Å². The van der Waals surface area contributed by atoms with E-state index in [0.717, 1.165) is 16.7 Å². The zero-order valence-electron chi connectivity index (χ0n) is 17.9. The Morgan fingerprint density at radius 3 is 0.839 bits per heavy atom. The third-order valence-electron chi connectivity index (χ3n) is 3.80. The largest absolute Gasteiger partial charge is 0.512 e. The number of allylic oxidation sites excluding steroid dienone is 18. The predicted molar refractivity (Wildman–Crippen MR) is 123 cm³/mol. The number of aliphatic hydroxyl groups excluding tert-OH is 3. The van der Waals surface area contributed by atoms with E-state index in [1.54, 1.807) is 20.8 Å². The van der Waals surface area contributed by atoms with Crippen molar-refractivity contribution >= 4 is 0 Å². The Hall–Kier alpha value is -2.55. The second-order valence-electron chi connectivity index (χ2n) is 6.24. The molecule has 0 aromatic heterocycles. The molecule has 1 aromatic rings. The van der Waals surface area contributed by atoms with Gasteiger partial charge in [0.25, 0.3) is 0 Å². The van der Waals surface area contributed by atoms with Gasteiger partial charge in [-0.05, 0) is 20.8 Å². The van der Waals surface area contributed by atoms with Crippen LogP contribution in [0.15, 0.2) is 137 Å². The Balaban J connectivity index is 0. The molecule has 3 nitrogen and oxygen atoms in total. The Bertz CT molecular complexity index is 733. The summed E-state index contributed by atoms with van der Waals surface area (Å²) in [5.74, 6) is 1.15. The molecule has 0 radical (unpaired) electrons. The third kappa shape index (κ3) is 14.1. The van der Waals surface area contributed by atoms with Crippen LogP contribution in [0.3, 0.4) is 0 Å². The first-order valence-corrected chi connectivity index (χ1v) is 9.32. The quantitative estimate of drug-likeness (QED) is 0.200. The SMILES string of the molecule is CC(O)=C1C=CC=C1.CC(O)=C1C=CC=C1.CC(O)=C1C=CC=C1.[Fe].[Fe].c1cc[cH-]c1. The van der Waals surface area contributed by atoms with E-state index in [4.69, 9.17) is 15.3 Å². The first-order valence-electron chi connectivity index (χ1n) is 9.32. The van der Waals surface area contributed by atoms with Crippen molar-refractivity contribution in [2.45, 2.75) is 20.8 Å². The van der Waals surface area contributed by atoms with Crippen LogP contribution >= 0.6 is 0 Å². The van der Waals surface area contributed by atoms with E-state index in [1.807, 2.05) is 103 Å². The summed E-state index contributed by atoms with van der Waals surface area (Å²) in [6, 6.07) is 10.0. The van der Waals surface area contributed by atoms with Gasteiger partial charge in [-0.15, -0.1) is 0 Å². The van der Waals surface area contributed by atoms with Crippen molar-refractivity contribution in [1.29, 1.82) is 0 Å². The van der Waals surface area contributed by atoms with E-state index in [1.165, 1.54) is 0 Å². The Kier molecular flexibility index (Phi) is 18.0. The summed E-state index contributed by atoms with van der Waals surface area (Å²) in [7, 11) is 0. The molecule has 3 N–H and O–H groups in total. The molecule has 0 saturated carbocycles. The number of rotatable bonds is 0. The van der Waals surface area contributed by atoms with Crippen LogP contribution in [0.4, 0.5) is 0 Å². The molecule has 3 aliphatic carbocycles. The summed E-state index contributed by atoms with van der Waals surface area (Å²) < 4.78 is 0. The van der Waals surface area contributed by atoms with Crippen molar-refractivity contribution in [2.24, 2.45) is 0 Å². The van der Waals surface area contributed by atoms with Crippen LogP contribution in [0.5, 0.6) is 0 Å². The predicted octanol–water partition coefficient (Wildman–Crippen LogP) is 7.23. The van der Waals surface area contributed by atoms with E-state index < -0.39 is 0 Å². The fraction of sp³-hybridized carbons (Fsp3) is 0.115. The van der Waals surface area contributed by atoms with Gasteiger partial charge in [0.15, 0.2) is 0 Å². The summed E-state index contributed by atoms with van der Waals surface area (Å²) in [4.78, 5) is 0.